The van der Waals surface area contributed by atoms with E-state index in [-0.39, 0.29) is 12.3 Å². The smallest absolute Gasteiger partial charge is 0.261 e. The second-order valence-electron chi connectivity index (χ2n) is 5.57. The topological polar surface area (TPSA) is 67.4 Å². The number of anilines is 1. The lowest BCUT2D eigenvalue weighted by Gasteiger charge is -2.15. The Morgan fingerprint density at radius 3 is 2.54 bits per heavy atom. The summed E-state index contributed by atoms with van der Waals surface area (Å²) in [5, 5.41) is 5.08. The molecule has 26 heavy (non-hydrogen) atoms. The fourth-order valence-corrected chi connectivity index (χ4v) is 2.29. The predicted octanol–water partition coefficient (Wildman–Crippen LogP) is 3.56. The van der Waals surface area contributed by atoms with Gasteiger partial charge in [0.25, 0.3) is 5.91 Å². The molecule has 0 saturated heterocycles. The summed E-state index contributed by atoms with van der Waals surface area (Å²) >= 11 is 3.37. The molecule has 8 heteroatoms. The number of nitrogens with one attached hydrogen (secondary N) is 2. The average Bonchev–Trinajstić information content (AvgIpc) is 2.59. The van der Waals surface area contributed by atoms with Gasteiger partial charge in [0, 0.05) is 16.2 Å². The van der Waals surface area contributed by atoms with E-state index in [0.717, 1.165) is 22.2 Å². The van der Waals surface area contributed by atoms with Crippen LogP contribution in [-0.4, -0.2) is 24.5 Å². The number of carbonyl (C=O) groups is 2. The van der Waals surface area contributed by atoms with Crippen molar-refractivity contribution in [3.05, 3.63) is 58.1 Å². The Balaban J connectivity index is 1.83. The molecule has 138 valence electrons. The third-order valence-corrected chi connectivity index (χ3v) is 4.33. The third-order valence-electron chi connectivity index (χ3n) is 3.44. The van der Waals surface area contributed by atoms with E-state index in [0.29, 0.717) is 5.69 Å². The van der Waals surface area contributed by atoms with Gasteiger partial charge in [-0.15, -0.1) is 0 Å². The molecule has 2 aromatic rings. The number of benzene rings is 2. The van der Waals surface area contributed by atoms with Crippen molar-refractivity contribution >= 4 is 33.4 Å². The van der Waals surface area contributed by atoms with Crippen LogP contribution in [0.4, 0.5) is 14.5 Å². The van der Waals surface area contributed by atoms with Crippen molar-refractivity contribution in [2.24, 2.45) is 0 Å². The van der Waals surface area contributed by atoms with Crippen LogP contribution < -0.4 is 15.4 Å². The van der Waals surface area contributed by atoms with Crippen LogP contribution in [0, 0.1) is 18.6 Å². The van der Waals surface area contributed by atoms with Crippen LogP contribution in [0.25, 0.3) is 0 Å². The van der Waals surface area contributed by atoms with Crippen molar-refractivity contribution in [3.8, 4) is 5.75 Å². The van der Waals surface area contributed by atoms with Crippen LogP contribution in [0.15, 0.2) is 40.9 Å². The van der Waals surface area contributed by atoms with Gasteiger partial charge >= 0.3 is 0 Å². The highest BCUT2D eigenvalue weighted by molar-refractivity contribution is 9.10. The van der Waals surface area contributed by atoms with Gasteiger partial charge in [-0.25, -0.2) is 8.78 Å². The van der Waals surface area contributed by atoms with Crippen LogP contribution in [0.1, 0.15) is 12.5 Å². The molecule has 5 nitrogen and oxygen atoms in total. The minimum Gasteiger partial charge on any atom is -0.481 e. The maximum atomic E-state index is 13.1. The monoisotopic (exact) mass is 426 g/mol. The van der Waals surface area contributed by atoms with Gasteiger partial charge < -0.3 is 15.4 Å². The molecule has 2 aromatic carbocycles. The molecule has 0 aromatic heterocycles. The number of hydrogen-bond donors (Lipinski definition) is 2. The summed E-state index contributed by atoms with van der Waals surface area (Å²) in [5.41, 5.74) is 1.57. The van der Waals surface area contributed by atoms with Crippen LogP contribution in [0.2, 0.25) is 0 Å². The largest absolute Gasteiger partial charge is 0.481 e. The zero-order valence-corrected chi connectivity index (χ0v) is 15.7. The molecule has 0 aliphatic rings. The molecule has 2 amide bonds. The first-order valence-electron chi connectivity index (χ1n) is 7.71. The molecule has 2 N–H and O–H groups in total. The summed E-state index contributed by atoms with van der Waals surface area (Å²) < 4.78 is 32.2. The fraction of sp³-hybridized carbons (Fsp3) is 0.222. The highest BCUT2D eigenvalue weighted by Gasteiger charge is 2.16. The molecule has 0 spiro atoms. The molecule has 2 rings (SSSR count). The van der Waals surface area contributed by atoms with Crippen molar-refractivity contribution < 1.29 is 23.1 Å². The Labute approximate surface area is 157 Å². The standard InChI is InChI=1S/C18H17BrF2N2O3/c1-10-7-12(3-5-14(10)19)23-17(24)9-22-18(25)11(2)26-13-4-6-15(20)16(21)8-13/h3-8,11H,9H2,1-2H3,(H,22,25)(H,23,24). The van der Waals surface area contributed by atoms with Crippen LogP contribution >= 0.6 is 15.9 Å². The Morgan fingerprint density at radius 2 is 1.88 bits per heavy atom. The summed E-state index contributed by atoms with van der Waals surface area (Å²) in [6.45, 7) is 3.07. The number of aryl methyl sites for hydroxylation is 1. The summed E-state index contributed by atoms with van der Waals surface area (Å²) in [6.07, 6.45) is -0.984. The van der Waals surface area contributed by atoms with E-state index in [2.05, 4.69) is 26.6 Å². The SMILES string of the molecule is Cc1cc(NC(=O)CNC(=O)C(C)Oc2ccc(F)c(F)c2)ccc1Br. The second kappa shape index (κ2) is 8.75. The third kappa shape index (κ3) is 5.52. The van der Waals surface area contributed by atoms with Gasteiger partial charge in [0.05, 0.1) is 6.54 Å². The van der Waals surface area contributed by atoms with E-state index in [1.165, 1.54) is 13.0 Å². The summed E-state index contributed by atoms with van der Waals surface area (Å²) in [4.78, 5) is 23.9. The van der Waals surface area contributed by atoms with E-state index >= 15 is 0 Å². The van der Waals surface area contributed by atoms with Gasteiger partial charge in [-0.1, -0.05) is 15.9 Å². The Hall–Kier alpha value is -2.48. The number of halogens is 3. The molecular weight excluding hydrogens is 410 g/mol. The lowest BCUT2D eigenvalue weighted by atomic mass is 10.2. The van der Waals surface area contributed by atoms with Crippen molar-refractivity contribution in [2.75, 3.05) is 11.9 Å². The Kier molecular flexibility index (Phi) is 6.68. The van der Waals surface area contributed by atoms with Crippen LogP contribution in [0.5, 0.6) is 5.75 Å². The lowest BCUT2D eigenvalue weighted by molar-refractivity contribution is -0.129. The first kappa shape index (κ1) is 19.8. The highest BCUT2D eigenvalue weighted by atomic mass is 79.9. The lowest BCUT2D eigenvalue weighted by Crippen LogP contribution is -2.40. The molecule has 0 saturated carbocycles. The van der Waals surface area contributed by atoms with Crippen LogP contribution in [0.3, 0.4) is 0 Å². The maximum absolute atomic E-state index is 13.1. The zero-order valence-electron chi connectivity index (χ0n) is 14.1. The summed E-state index contributed by atoms with van der Waals surface area (Å²) in [5.74, 6) is -3.02. The van der Waals surface area contributed by atoms with Crippen molar-refractivity contribution in [2.45, 2.75) is 20.0 Å². The predicted molar refractivity (Wildman–Crippen MR) is 97.0 cm³/mol. The number of amides is 2. The molecule has 1 atom stereocenters. The van der Waals surface area contributed by atoms with Crippen LogP contribution in [-0.2, 0) is 9.59 Å². The number of ether oxygens (including phenoxy) is 1. The number of hydrogen-bond acceptors (Lipinski definition) is 3. The van der Waals surface area contributed by atoms with E-state index < -0.39 is 29.6 Å². The number of rotatable bonds is 6. The molecule has 0 radical (unpaired) electrons. The molecule has 1 unspecified atom stereocenters. The van der Waals surface area contributed by atoms with Gasteiger partial charge in [-0.3, -0.25) is 9.59 Å². The second-order valence-corrected chi connectivity index (χ2v) is 6.42. The molecule has 0 aliphatic carbocycles. The Morgan fingerprint density at radius 1 is 1.15 bits per heavy atom. The molecule has 0 fully saturated rings. The average molecular weight is 427 g/mol. The fourth-order valence-electron chi connectivity index (χ4n) is 2.05. The minimum atomic E-state index is -1.07. The van der Waals surface area contributed by atoms with Crippen molar-refractivity contribution in [3.63, 3.8) is 0 Å². The molecule has 0 heterocycles. The Bertz CT molecular complexity index is 830. The zero-order chi connectivity index (χ0) is 19.3. The van der Waals surface area contributed by atoms with Gasteiger partial charge in [-0.05, 0) is 49.7 Å². The van der Waals surface area contributed by atoms with Gasteiger partial charge in [-0.2, -0.15) is 0 Å². The van der Waals surface area contributed by atoms with Gasteiger partial charge in [0.15, 0.2) is 17.7 Å². The van der Waals surface area contributed by atoms with E-state index in [4.69, 9.17) is 4.74 Å². The summed E-state index contributed by atoms with van der Waals surface area (Å²) in [6, 6.07) is 8.29. The first-order valence-corrected chi connectivity index (χ1v) is 8.51. The van der Waals surface area contributed by atoms with Gasteiger partial charge in [0.1, 0.15) is 5.75 Å². The molecular formula is C18H17BrF2N2O3. The highest BCUT2D eigenvalue weighted by Crippen LogP contribution is 2.20. The summed E-state index contributed by atoms with van der Waals surface area (Å²) in [7, 11) is 0. The van der Waals surface area contributed by atoms with Gasteiger partial charge in [0.2, 0.25) is 5.91 Å². The van der Waals surface area contributed by atoms with E-state index in [1.54, 1.807) is 18.2 Å². The van der Waals surface area contributed by atoms with Crippen molar-refractivity contribution in [1.29, 1.82) is 0 Å². The number of carbonyl (C=O) groups excluding carboxylic acids is 2. The normalized spacial score (nSPS) is 11.6. The quantitative estimate of drug-likeness (QED) is 0.741. The minimum absolute atomic E-state index is 0.0151. The maximum Gasteiger partial charge on any atom is 0.261 e. The molecule has 0 bridgehead atoms. The first-order chi connectivity index (χ1) is 12.3. The molecule has 0 aliphatic heterocycles. The van der Waals surface area contributed by atoms with E-state index in [9.17, 15) is 18.4 Å². The van der Waals surface area contributed by atoms with E-state index in [1.807, 2.05) is 6.92 Å². The van der Waals surface area contributed by atoms with Crippen molar-refractivity contribution in [1.82, 2.24) is 5.32 Å².